The van der Waals surface area contributed by atoms with E-state index in [2.05, 4.69) is 15.4 Å². The molecule has 1 aromatic heterocycles. The van der Waals surface area contributed by atoms with E-state index >= 15 is 0 Å². The Morgan fingerprint density at radius 3 is 2.89 bits per heavy atom. The molecule has 0 aliphatic heterocycles. The molecule has 0 fully saturated rings. The van der Waals surface area contributed by atoms with Crippen LogP contribution < -0.4 is 9.47 Å². The second-order valence-corrected chi connectivity index (χ2v) is 3.60. The molecule has 0 saturated heterocycles. The van der Waals surface area contributed by atoms with Gasteiger partial charge < -0.3 is 9.47 Å². The number of hydrogen-bond donors (Lipinski definition) is 0. The molecule has 0 aliphatic carbocycles. The van der Waals surface area contributed by atoms with Crippen molar-refractivity contribution in [3.63, 3.8) is 0 Å². The average molecular weight is 259 g/mol. The summed E-state index contributed by atoms with van der Waals surface area (Å²) in [7, 11) is 1.58. The van der Waals surface area contributed by atoms with Gasteiger partial charge in [-0.05, 0) is 30.3 Å². The van der Waals surface area contributed by atoms with Gasteiger partial charge in [0.05, 0.1) is 19.8 Å². The number of hydrogen-bond acceptors (Lipinski definition) is 6. The minimum absolute atomic E-state index is 0.0709. The van der Waals surface area contributed by atoms with E-state index in [-0.39, 0.29) is 6.54 Å². The second kappa shape index (κ2) is 5.82. The van der Waals surface area contributed by atoms with Crippen molar-refractivity contribution in [2.45, 2.75) is 13.5 Å². The molecule has 0 saturated carbocycles. The first kappa shape index (κ1) is 12.8. The minimum atomic E-state index is 0.0709. The Kier molecular flexibility index (Phi) is 3.93. The van der Waals surface area contributed by atoms with Crippen LogP contribution in [0.5, 0.6) is 11.5 Å². The molecule has 0 amide bonds. The van der Waals surface area contributed by atoms with Crippen LogP contribution in [0.3, 0.4) is 0 Å². The van der Waals surface area contributed by atoms with Crippen molar-refractivity contribution < 1.29 is 9.47 Å². The molecular formula is C12H13N5O2. The molecule has 1 heterocycles. The average Bonchev–Trinajstić information content (AvgIpc) is 2.88. The lowest BCUT2D eigenvalue weighted by Gasteiger charge is -2.09. The molecule has 2 rings (SSSR count). The normalized spacial score (nSPS) is 9.95. The SMILES string of the molecule is CCOc1cc(-c2nnn(CC#N)n2)ccc1OC. The van der Waals surface area contributed by atoms with Crippen molar-refractivity contribution in [1.29, 1.82) is 5.26 Å². The van der Waals surface area contributed by atoms with Crippen LogP contribution in [0.2, 0.25) is 0 Å². The number of nitrogens with zero attached hydrogens (tertiary/aromatic N) is 5. The van der Waals surface area contributed by atoms with Crippen LogP contribution in [0, 0.1) is 11.3 Å². The van der Waals surface area contributed by atoms with Crippen LogP contribution in [0.1, 0.15) is 6.92 Å². The van der Waals surface area contributed by atoms with E-state index in [9.17, 15) is 0 Å². The summed E-state index contributed by atoms with van der Waals surface area (Å²) in [6.45, 7) is 2.50. The number of benzene rings is 1. The quantitative estimate of drug-likeness (QED) is 0.803. The molecule has 0 aliphatic rings. The Morgan fingerprint density at radius 1 is 1.37 bits per heavy atom. The molecule has 7 nitrogen and oxygen atoms in total. The molecule has 0 atom stereocenters. The highest BCUT2D eigenvalue weighted by atomic mass is 16.5. The van der Waals surface area contributed by atoms with E-state index in [1.807, 2.05) is 19.1 Å². The molecule has 98 valence electrons. The number of tetrazole rings is 1. The zero-order valence-electron chi connectivity index (χ0n) is 10.7. The molecule has 19 heavy (non-hydrogen) atoms. The monoisotopic (exact) mass is 259 g/mol. The van der Waals surface area contributed by atoms with Gasteiger partial charge in [0.15, 0.2) is 11.5 Å². The molecule has 0 spiro atoms. The zero-order chi connectivity index (χ0) is 13.7. The first-order valence-electron chi connectivity index (χ1n) is 5.74. The molecule has 1 aromatic carbocycles. The maximum absolute atomic E-state index is 8.57. The zero-order valence-corrected chi connectivity index (χ0v) is 10.7. The number of aromatic nitrogens is 4. The maximum atomic E-state index is 8.57. The van der Waals surface area contributed by atoms with Gasteiger partial charge in [0.1, 0.15) is 6.54 Å². The molecule has 7 heteroatoms. The summed E-state index contributed by atoms with van der Waals surface area (Å²) in [6, 6.07) is 7.34. The molecular weight excluding hydrogens is 246 g/mol. The van der Waals surface area contributed by atoms with Crippen molar-refractivity contribution in [2.24, 2.45) is 0 Å². The summed E-state index contributed by atoms with van der Waals surface area (Å²) in [4.78, 5) is 1.24. The standard InChI is InChI=1S/C12H13N5O2/c1-3-19-11-8-9(4-5-10(11)18-2)12-14-16-17(15-12)7-6-13/h4-5,8H,3,7H2,1-2H3. The van der Waals surface area contributed by atoms with E-state index < -0.39 is 0 Å². The number of ether oxygens (including phenoxy) is 2. The van der Waals surface area contributed by atoms with Crippen LogP contribution in [0.15, 0.2) is 18.2 Å². The summed E-state index contributed by atoms with van der Waals surface area (Å²) in [5, 5.41) is 20.3. The summed E-state index contributed by atoms with van der Waals surface area (Å²) in [6.07, 6.45) is 0. The van der Waals surface area contributed by atoms with Crippen LogP contribution >= 0.6 is 0 Å². The third-order valence-corrected chi connectivity index (χ3v) is 2.39. The third kappa shape index (κ3) is 2.80. The van der Waals surface area contributed by atoms with Crippen LogP contribution in [-0.4, -0.2) is 33.9 Å². The highest BCUT2D eigenvalue weighted by molar-refractivity contribution is 5.60. The second-order valence-electron chi connectivity index (χ2n) is 3.60. The number of methoxy groups -OCH3 is 1. The van der Waals surface area contributed by atoms with Gasteiger partial charge in [0, 0.05) is 5.56 Å². The molecule has 0 bridgehead atoms. The molecule has 0 radical (unpaired) electrons. The van der Waals surface area contributed by atoms with Gasteiger partial charge in [0.25, 0.3) is 0 Å². The van der Waals surface area contributed by atoms with Gasteiger partial charge >= 0.3 is 0 Å². The van der Waals surface area contributed by atoms with Gasteiger partial charge in [-0.3, -0.25) is 0 Å². The van der Waals surface area contributed by atoms with Crippen molar-refractivity contribution in [3.8, 4) is 29.0 Å². The predicted octanol–water partition coefficient (Wildman–Crippen LogP) is 1.27. The third-order valence-electron chi connectivity index (χ3n) is 2.39. The topological polar surface area (TPSA) is 85.9 Å². The number of nitriles is 1. The lowest BCUT2D eigenvalue weighted by molar-refractivity contribution is 0.311. The number of rotatable bonds is 5. The Morgan fingerprint density at radius 2 is 2.21 bits per heavy atom. The van der Waals surface area contributed by atoms with Gasteiger partial charge in [-0.15, -0.1) is 15.0 Å². The van der Waals surface area contributed by atoms with Gasteiger partial charge in [0.2, 0.25) is 5.82 Å². The van der Waals surface area contributed by atoms with E-state index in [4.69, 9.17) is 14.7 Å². The highest BCUT2D eigenvalue weighted by Crippen LogP contribution is 2.31. The lowest BCUT2D eigenvalue weighted by atomic mass is 10.2. The maximum Gasteiger partial charge on any atom is 0.205 e. The summed E-state index contributed by atoms with van der Waals surface area (Å²) >= 11 is 0. The summed E-state index contributed by atoms with van der Waals surface area (Å²) in [5.74, 6) is 1.72. The van der Waals surface area contributed by atoms with Gasteiger partial charge in [-0.25, -0.2) is 0 Å². The van der Waals surface area contributed by atoms with E-state index in [1.54, 1.807) is 19.2 Å². The van der Waals surface area contributed by atoms with Crippen LogP contribution in [0.4, 0.5) is 0 Å². The fourth-order valence-corrected chi connectivity index (χ4v) is 1.57. The molecule has 0 N–H and O–H groups in total. The van der Waals surface area contributed by atoms with Gasteiger partial charge in [-0.2, -0.15) is 5.26 Å². The van der Waals surface area contributed by atoms with Crippen molar-refractivity contribution in [2.75, 3.05) is 13.7 Å². The Balaban J connectivity index is 2.33. The van der Waals surface area contributed by atoms with Crippen LogP contribution in [0.25, 0.3) is 11.4 Å². The minimum Gasteiger partial charge on any atom is -0.493 e. The van der Waals surface area contributed by atoms with Crippen molar-refractivity contribution >= 4 is 0 Å². The predicted molar refractivity (Wildman–Crippen MR) is 66.6 cm³/mol. The van der Waals surface area contributed by atoms with E-state index in [0.29, 0.717) is 23.9 Å². The first-order valence-corrected chi connectivity index (χ1v) is 5.74. The fourth-order valence-electron chi connectivity index (χ4n) is 1.57. The van der Waals surface area contributed by atoms with Gasteiger partial charge in [-0.1, -0.05) is 0 Å². The van der Waals surface area contributed by atoms with Crippen molar-refractivity contribution in [3.05, 3.63) is 18.2 Å². The summed E-state index contributed by atoms with van der Waals surface area (Å²) in [5.41, 5.74) is 0.758. The van der Waals surface area contributed by atoms with E-state index in [0.717, 1.165) is 5.56 Å². The smallest absolute Gasteiger partial charge is 0.205 e. The summed E-state index contributed by atoms with van der Waals surface area (Å²) < 4.78 is 10.7. The van der Waals surface area contributed by atoms with Crippen LogP contribution in [-0.2, 0) is 6.54 Å². The lowest BCUT2D eigenvalue weighted by Crippen LogP contribution is -2.00. The fraction of sp³-hybridized carbons (Fsp3) is 0.333. The Labute approximate surface area is 110 Å². The Hall–Kier alpha value is -2.62. The Bertz CT molecular complexity index is 602. The van der Waals surface area contributed by atoms with Crippen molar-refractivity contribution in [1.82, 2.24) is 20.2 Å². The largest absolute Gasteiger partial charge is 0.493 e. The molecule has 2 aromatic rings. The highest BCUT2D eigenvalue weighted by Gasteiger charge is 2.10. The molecule has 0 unspecified atom stereocenters. The first-order chi connectivity index (χ1) is 9.28. The van der Waals surface area contributed by atoms with E-state index in [1.165, 1.54) is 4.80 Å².